The summed E-state index contributed by atoms with van der Waals surface area (Å²) in [4.78, 5) is 3.54. The fourth-order valence-corrected chi connectivity index (χ4v) is 5.24. The average Bonchev–Trinajstić information content (AvgIpc) is 2.98. The van der Waals surface area contributed by atoms with Crippen LogP contribution in [0.2, 0.25) is 0 Å². The molecule has 1 N–H and O–H groups in total. The fourth-order valence-electron chi connectivity index (χ4n) is 4.18. The standard InChI is InChI=1S/C16H25FN2S/c1-19(2)16(13-4-5-14(17)20-13)7-3-6-15(8-9-16)10-11-18-12-15/h4-5,18H,3,6-12H2,1-2H3. The second kappa shape index (κ2) is 5.39. The zero-order valence-electron chi connectivity index (χ0n) is 12.5. The molecule has 0 bridgehead atoms. The van der Waals surface area contributed by atoms with E-state index < -0.39 is 0 Å². The average molecular weight is 296 g/mol. The smallest absolute Gasteiger partial charge is 0.176 e. The first-order valence-corrected chi connectivity index (χ1v) is 8.52. The van der Waals surface area contributed by atoms with Crippen molar-refractivity contribution in [1.29, 1.82) is 0 Å². The van der Waals surface area contributed by atoms with Crippen molar-refractivity contribution in [3.05, 3.63) is 22.1 Å². The van der Waals surface area contributed by atoms with Crippen LogP contribution in [0.25, 0.3) is 0 Å². The Morgan fingerprint density at radius 2 is 2.00 bits per heavy atom. The Labute approximate surface area is 125 Å². The van der Waals surface area contributed by atoms with Crippen molar-refractivity contribution in [3.8, 4) is 0 Å². The molecular formula is C16H25FN2S. The van der Waals surface area contributed by atoms with Gasteiger partial charge in [-0.25, -0.2) is 0 Å². The molecular weight excluding hydrogens is 271 g/mol. The summed E-state index contributed by atoms with van der Waals surface area (Å²) in [7, 11) is 4.31. The largest absolute Gasteiger partial charge is 0.316 e. The zero-order chi connectivity index (χ0) is 14.2. The van der Waals surface area contributed by atoms with Crippen LogP contribution in [0.4, 0.5) is 4.39 Å². The van der Waals surface area contributed by atoms with Crippen LogP contribution in [-0.4, -0.2) is 32.1 Å². The Morgan fingerprint density at radius 3 is 2.60 bits per heavy atom. The van der Waals surface area contributed by atoms with Gasteiger partial charge in [0.25, 0.3) is 0 Å². The van der Waals surface area contributed by atoms with Crippen molar-refractivity contribution in [2.75, 3.05) is 27.2 Å². The molecule has 1 saturated carbocycles. The lowest BCUT2D eigenvalue weighted by Gasteiger charge is -2.39. The van der Waals surface area contributed by atoms with Crippen LogP contribution >= 0.6 is 11.3 Å². The number of hydrogen-bond acceptors (Lipinski definition) is 3. The Morgan fingerprint density at radius 1 is 1.15 bits per heavy atom. The van der Waals surface area contributed by atoms with Gasteiger partial charge in [0, 0.05) is 11.4 Å². The minimum Gasteiger partial charge on any atom is -0.316 e. The van der Waals surface area contributed by atoms with E-state index in [1.807, 2.05) is 6.07 Å². The lowest BCUT2D eigenvalue weighted by atomic mass is 9.78. The summed E-state index contributed by atoms with van der Waals surface area (Å²) in [5, 5.41) is 3.49. The topological polar surface area (TPSA) is 15.3 Å². The predicted molar refractivity (Wildman–Crippen MR) is 82.6 cm³/mol. The van der Waals surface area contributed by atoms with Gasteiger partial charge in [-0.3, -0.25) is 4.90 Å². The first kappa shape index (κ1) is 14.5. The first-order valence-electron chi connectivity index (χ1n) is 7.70. The highest BCUT2D eigenvalue weighted by Crippen LogP contribution is 2.49. The van der Waals surface area contributed by atoms with Gasteiger partial charge in [-0.15, -0.1) is 11.3 Å². The molecule has 1 aromatic rings. The van der Waals surface area contributed by atoms with E-state index in [4.69, 9.17) is 0 Å². The van der Waals surface area contributed by atoms with Crippen molar-refractivity contribution in [1.82, 2.24) is 10.2 Å². The zero-order valence-corrected chi connectivity index (χ0v) is 13.4. The summed E-state index contributed by atoms with van der Waals surface area (Å²) >= 11 is 1.34. The monoisotopic (exact) mass is 296 g/mol. The van der Waals surface area contributed by atoms with Gasteiger partial charge in [-0.05, 0) is 70.3 Å². The molecule has 2 unspecified atom stereocenters. The van der Waals surface area contributed by atoms with E-state index in [9.17, 15) is 4.39 Å². The fraction of sp³-hybridized carbons (Fsp3) is 0.750. The van der Waals surface area contributed by atoms with E-state index in [0.717, 1.165) is 12.8 Å². The Bertz CT molecular complexity index is 465. The van der Waals surface area contributed by atoms with Crippen molar-refractivity contribution < 1.29 is 4.39 Å². The highest BCUT2D eigenvalue weighted by atomic mass is 32.1. The minimum atomic E-state index is -0.0530. The molecule has 20 heavy (non-hydrogen) atoms. The van der Waals surface area contributed by atoms with E-state index in [2.05, 4.69) is 24.3 Å². The molecule has 3 rings (SSSR count). The van der Waals surface area contributed by atoms with E-state index in [0.29, 0.717) is 5.41 Å². The normalized spacial score (nSPS) is 34.8. The molecule has 0 amide bonds. The van der Waals surface area contributed by atoms with Gasteiger partial charge in [-0.1, -0.05) is 6.42 Å². The van der Waals surface area contributed by atoms with Crippen LogP contribution < -0.4 is 5.32 Å². The molecule has 2 aliphatic rings. The SMILES string of the molecule is CN(C)C1(c2ccc(F)s2)CCCC2(CCNC2)CC1. The number of halogens is 1. The molecule has 0 radical (unpaired) electrons. The molecule has 1 spiro atoms. The Kier molecular flexibility index (Phi) is 3.91. The second-order valence-electron chi connectivity index (χ2n) is 6.81. The second-order valence-corrected chi connectivity index (χ2v) is 7.84. The van der Waals surface area contributed by atoms with Gasteiger partial charge in [0.05, 0.1) is 5.54 Å². The van der Waals surface area contributed by atoms with Gasteiger partial charge < -0.3 is 5.32 Å². The highest BCUT2D eigenvalue weighted by molar-refractivity contribution is 7.10. The molecule has 4 heteroatoms. The third kappa shape index (κ3) is 2.42. The lowest BCUT2D eigenvalue weighted by molar-refractivity contribution is 0.126. The predicted octanol–water partition coefficient (Wildman–Crippen LogP) is 3.59. The van der Waals surface area contributed by atoms with Crippen LogP contribution in [0.15, 0.2) is 12.1 Å². The first-order chi connectivity index (χ1) is 9.56. The van der Waals surface area contributed by atoms with Crippen LogP contribution in [-0.2, 0) is 5.54 Å². The molecule has 2 heterocycles. The van der Waals surface area contributed by atoms with Gasteiger partial charge >= 0.3 is 0 Å². The molecule has 2 fully saturated rings. The molecule has 1 aliphatic heterocycles. The van der Waals surface area contributed by atoms with Crippen LogP contribution in [0.1, 0.15) is 43.4 Å². The van der Waals surface area contributed by atoms with Crippen molar-refractivity contribution in [2.45, 2.75) is 44.1 Å². The molecule has 112 valence electrons. The third-order valence-corrected chi connectivity index (χ3v) is 6.65. The lowest BCUT2D eigenvalue weighted by Crippen LogP contribution is -2.40. The highest BCUT2D eigenvalue weighted by Gasteiger charge is 2.43. The molecule has 2 nitrogen and oxygen atoms in total. The van der Waals surface area contributed by atoms with Crippen LogP contribution in [0, 0.1) is 10.5 Å². The quantitative estimate of drug-likeness (QED) is 0.897. The van der Waals surface area contributed by atoms with Crippen LogP contribution in [0.3, 0.4) is 0 Å². The van der Waals surface area contributed by atoms with Gasteiger partial charge in [-0.2, -0.15) is 4.39 Å². The number of nitrogens with zero attached hydrogens (tertiary/aromatic N) is 1. The molecule has 1 aliphatic carbocycles. The van der Waals surface area contributed by atoms with E-state index >= 15 is 0 Å². The number of hydrogen-bond donors (Lipinski definition) is 1. The summed E-state index contributed by atoms with van der Waals surface area (Å²) < 4.78 is 13.5. The maximum Gasteiger partial charge on any atom is 0.176 e. The van der Waals surface area contributed by atoms with Gasteiger partial charge in [0.15, 0.2) is 5.13 Å². The molecule has 1 saturated heterocycles. The van der Waals surface area contributed by atoms with Gasteiger partial charge in [0.1, 0.15) is 0 Å². The van der Waals surface area contributed by atoms with Crippen molar-refractivity contribution >= 4 is 11.3 Å². The van der Waals surface area contributed by atoms with Crippen LogP contribution in [0.5, 0.6) is 0 Å². The number of nitrogens with one attached hydrogen (secondary N) is 1. The number of thiophene rings is 1. The summed E-state index contributed by atoms with van der Waals surface area (Å²) in [6.07, 6.45) is 7.46. The molecule has 0 aromatic carbocycles. The van der Waals surface area contributed by atoms with Crippen molar-refractivity contribution in [3.63, 3.8) is 0 Å². The van der Waals surface area contributed by atoms with E-state index in [-0.39, 0.29) is 10.7 Å². The number of rotatable bonds is 2. The maximum absolute atomic E-state index is 13.5. The third-order valence-electron chi connectivity index (χ3n) is 5.59. The van der Waals surface area contributed by atoms with Crippen molar-refractivity contribution in [2.24, 2.45) is 5.41 Å². The molecule has 1 aromatic heterocycles. The summed E-state index contributed by atoms with van der Waals surface area (Å²) in [6.45, 7) is 2.35. The Balaban J connectivity index is 1.88. The maximum atomic E-state index is 13.5. The minimum absolute atomic E-state index is 0.0428. The molecule has 2 atom stereocenters. The summed E-state index contributed by atoms with van der Waals surface area (Å²) in [5.41, 5.74) is 0.550. The van der Waals surface area contributed by atoms with Gasteiger partial charge in [0.2, 0.25) is 0 Å². The summed E-state index contributed by atoms with van der Waals surface area (Å²) in [5.74, 6) is 0. The van der Waals surface area contributed by atoms with E-state index in [1.54, 1.807) is 6.07 Å². The summed E-state index contributed by atoms with van der Waals surface area (Å²) in [6, 6.07) is 3.63. The van der Waals surface area contributed by atoms with E-state index in [1.165, 1.54) is 55.0 Å². The Hall–Kier alpha value is -0.450.